The number of carbonyl (C=O) groups is 6. The van der Waals surface area contributed by atoms with Crippen molar-refractivity contribution in [3.63, 3.8) is 0 Å². The second-order valence-corrected chi connectivity index (χ2v) is 15.6. The highest BCUT2D eigenvalue weighted by Crippen LogP contribution is 2.40. The van der Waals surface area contributed by atoms with Crippen LogP contribution in [0.25, 0.3) is 62.7 Å². The van der Waals surface area contributed by atoms with E-state index in [2.05, 4.69) is 60.2 Å². The molecule has 3 heterocycles. The van der Waals surface area contributed by atoms with Gasteiger partial charge in [-0.3, -0.25) is 28.8 Å². The lowest BCUT2D eigenvalue weighted by Gasteiger charge is -2.48. The molecule has 3 saturated heterocycles. The first-order valence-electron chi connectivity index (χ1n) is 21.1. The van der Waals surface area contributed by atoms with Gasteiger partial charge in [0, 0.05) is 71.0 Å². The normalized spacial score (nSPS) is 34.6. The summed E-state index contributed by atoms with van der Waals surface area (Å²) in [5, 5.41) is 32.5. The van der Waals surface area contributed by atoms with E-state index in [-0.39, 0.29) is 0 Å². The van der Waals surface area contributed by atoms with Crippen molar-refractivity contribution in [3.8, 4) is 0 Å². The molecule has 0 aromatic heterocycles. The van der Waals surface area contributed by atoms with Gasteiger partial charge in [0.1, 0.15) is 48.7 Å². The van der Waals surface area contributed by atoms with E-state index in [4.69, 9.17) is 62.4 Å². The molecule has 4 rings (SSSR count). The standard InChI is InChI=1S/C35H46N18O19/c1-11(55)61-24-17(44-50-38)7-18(45-51-39)25(70-33-22(46-52-40)29(64-14(4)58)26(62-12(2)56)19(67-33)8-42-48-36)31(24)72-35-32(66-16(6)60)28(21(10-54)69-35)71-34-23(47-53-41)30(65-15(5)59)27(63-13(3)57)20(68-34)9-43-49-37/h17-35,54H,7-10H2,1-6H3/t17-,18?,19?,20+,21-,22?,23?,24?,25-,26-,27-,28+,29-,30?,31-,32?,33-,34-,35+/m1/s1. The number of hydrogen-bond donors (Lipinski definition) is 1. The number of hydrogen-bond acceptors (Lipinski definition) is 25. The second kappa shape index (κ2) is 27.1. The molecule has 19 atom stereocenters. The molecule has 1 aliphatic carbocycles. The van der Waals surface area contributed by atoms with E-state index < -0.39 is 178 Å². The smallest absolute Gasteiger partial charge is 0.303 e. The van der Waals surface area contributed by atoms with Crippen LogP contribution in [0, 0.1) is 0 Å². The van der Waals surface area contributed by atoms with Gasteiger partial charge in [0.25, 0.3) is 0 Å². The summed E-state index contributed by atoms with van der Waals surface area (Å²) < 4.78 is 70.0. The Morgan fingerprint density at radius 3 is 1.17 bits per heavy atom. The third-order valence-electron chi connectivity index (χ3n) is 10.7. The molecule has 1 N–H and O–H groups in total. The molecule has 7 unspecified atom stereocenters. The van der Waals surface area contributed by atoms with Crippen molar-refractivity contribution >= 4 is 35.8 Å². The fourth-order valence-electron chi connectivity index (χ4n) is 8.27. The zero-order valence-corrected chi connectivity index (χ0v) is 38.6. The molecule has 0 aromatic rings. The Morgan fingerprint density at radius 2 is 0.778 bits per heavy atom. The molecule has 0 amide bonds. The van der Waals surface area contributed by atoms with Gasteiger partial charge in [0.05, 0.1) is 37.9 Å². The van der Waals surface area contributed by atoms with Crippen LogP contribution in [0.5, 0.6) is 0 Å². The number of carbonyl (C=O) groups excluding carboxylic acids is 6. The molecule has 390 valence electrons. The number of esters is 6. The molecule has 37 heteroatoms. The van der Waals surface area contributed by atoms with Crippen molar-refractivity contribution in [3.05, 3.63) is 62.7 Å². The Morgan fingerprint density at radius 1 is 0.431 bits per heavy atom. The van der Waals surface area contributed by atoms with Gasteiger partial charge < -0.3 is 61.9 Å². The Hall–Kier alpha value is -7.60. The van der Waals surface area contributed by atoms with Gasteiger partial charge in [-0.2, -0.15) is 0 Å². The average Bonchev–Trinajstić information content (AvgIpc) is 3.61. The second-order valence-electron chi connectivity index (χ2n) is 15.6. The summed E-state index contributed by atoms with van der Waals surface area (Å²) in [5.41, 5.74) is 57.1. The lowest BCUT2D eigenvalue weighted by molar-refractivity contribution is -0.309. The van der Waals surface area contributed by atoms with Gasteiger partial charge in [0.15, 0.2) is 49.4 Å². The fraction of sp³-hybridized carbons (Fsp3) is 0.829. The van der Waals surface area contributed by atoms with Crippen LogP contribution < -0.4 is 0 Å². The lowest BCUT2D eigenvalue weighted by Crippen LogP contribution is -2.65. The van der Waals surface area contributed by atoms with E-state index in [1.807, 2.05) is 0 Å². The minimum atomic E-state index is -2.01. The third kappa shape index (κ3) is 14.7. The van der Waals surface area contributed by atoms with Crippen LogP contribution in [0.3, 0.4) is 0 Å². The average molecular weight is 1020 g/mol. The van der Waals surface area contributed by atoms with E-state index >= 15 is 0 Å². The molecular weight excluding hydrogens is 976 g/mol. The van der Waals surface area contributed by atoms with Crippen LogP contribution in [0.4, 0.5) is 0 Å². The maximum absolute atomic E-state index is 12.9. The third-order valence-corrected chi connectivity index (χ3v) is 10.7. The van der Waals surface area contributed by atoms with Gasteiger partial charge in [-0.1, -0.05) is 30.7 Å². The van der Waals surface area contributed by atoms with Crippen LogP contribution in [0.15, 0.2) is 30.7 Å². The summed E-state index contributed by atoms with van der Waals surface area (Å²) >= 11 is 0. The monoisotopic (exact) mass is 1020 g/mol. The first kappa shape index (κ1) is 57.0. The molecule has 0 spiro atoms. The largest absolute Gasteiger partial charge is 0.459 e. The Labute approximate surface area is 403 Å². The van der Waals surface area contributed by atoms with Crippen molar-refractivity contribution in [1.82, 2.24) is 0 Å². The number of rotatable bonds is 21. The highest BCUT2D eigenvalue weighted by atomic mass is 16.8. The van der Waals surface area contributed by atoms with Gasteiger partial charge in [-0.05, 0) is 39.6 Å². The predicted molar refractivity (Wildman–Crippen MR) is 225 cm³/mol. The van der Waals surface area contributed by atoms with E-state index in [0.29, 0.717) is 0 Å². The number of ether oxygens (including phenoxy) is 12. The predicted octanol–water partition coefficient (Wildman–Crippen LogP) is 2.64. The zero-order valence-electron chi connectivity index (χ0n) is 38.6. The number of azide groups is 6. The SMILES string of the molecule is CC(=O)OC1[C@H](O[C@@H]2C(OC(C)=O)[C@H](N=[N+]=[N-])CC(N=[N+]=[N-])[C@H]2O[C@H]2OC(CN=[N+]=[N-])[C@@H](OC(C)=O)[C@H](OC(C)=O)C2N=[N+]=[N-])O[C@H](CO)[C@@H]1O[C@H]1O[C@@H](CN=[N+]=[N-])[C@@H](OC(C)=O)C(OC(C)=O)C1N=[N+]=[N-]. The summed E-state index contributed by atoms with van der Waals surface area (Å²) in [6.45, 7) is 3.56. The van der Waals surface area contributed by atoms with Crippen LogP contribution >= 0.6 is 0 Å². The van der Waals surface area contributed by atoms with Crippen LogP contribution in [-0.4, -0.2) is 177 Å². The molecule has 4 aliphatic rings. The maximum atomic E-state index is 12.9. The number of aliphatic hydroxyl groups excluding tert-OH is 1. The van der Waals surface area contributed by atoms with Crippen molar-refractivity contribution in [2.24, 2.45) is 30.7 Å². The molecule has 72 heavy (non-hydrogen) atoms. The molecule has 0 bridgehead atoms. The summed E-state index contributed by atoms with van der Waals surface area (Å²) in [6.07, 6.45) is -27.0. The number of nitrogens with zero attached hydrogens (tertiary/aromatic N) is 18. The molecule has 1 saturated carbocycles. The summed E-state index contributed by atoms with van der Waals surface area (Å²) in [5.74, 6) is -5.93. The van der Waals surface area contributed by atoms with Crippen molar-refractivity contribution in [1.29, 1.82) is 0 Å². The summed E-state index contributed by atoms with van der Waals surface area (Å²) in [6, 6.07) is -6.62. The number of aliphatic hydroxyl groups is 1. The Bertz CT molecular complexity index is 2320. The molecule has 0 aromatic carbocycles. The van der Waals surface area contributed by atoms with Gasteiger partial charge in [-0.15, -0.1) is 0 Å². The molecule has 4 fully saturated rings. The minimum absolute atomic E-state index is 0.486. The van der Waals surface area contributed by atoms with E-state index in [1.54, 1.807) is 0 Å². The van der Waals surface area contributed by atoms with Crippen molar-refractivity contribution < 1.29 is 90.7 Å². The summed E-state index contributed by atoms with van der Waals surface area (Å²) in [7, 11) is 0. The van der Waals surface area contributed by atoms with Crippen LogP contribution in [0.2, 0.25) is 0 Å². The minimum Gasteiger partial charge on any atom is -0.459 e. The molecular formula is C35H46N18O19. The molecule has 37 nitrogen and oxygen atoms in total. The van der Waals surface area contributed by atoms with Gasteiger partial charge in [-0.25, -0.2) is 0 Å². The topological polar surface area (TPSA) is 526 Å². The van der Waals surface area contributed by atoms with Crippen LogP contribution in [0.1, 0.15) is 48.0 Å². The highest BCUT2D eigenvalue weighted by molar-refractivity contribution is 5.68. The Balaban J connectivity index is 1.91. The van der Waals surface area contributed by atoms with Gasteiger partial charge >= 0.3 is 35.8 Å². The van der Waals surface area contributed by atoms with Crippen molar-refractivity contribution in [2.45, 2.75) is 164 Å². The highest BCUT2D eigenvalue weighted by Gasteiger charge is 2.59. The summed E-state index contributed by atoms with van der Waals surface area (Å²) in [4.78, 5) is 91.7. The first-order chi connectivity index (χ1) is 34.4. The molecule has 3 aliphatic heterocycles. The van der Waals surface area contributed by atoms with E-state index in [9.17, 15) is 61.5 Å². The Kier molecular flexibility index (Phi) is 21.5. The first-order valence-corrected chi connectivity index (χ1v) is 21.1. The maximum Gasteiger partial charge on any atom is 0.303 e. The lowest BCUT2D eigenvalue weighted by atomic mass is 9.83. The molecule has 0 radical (unpaired) electrons. The van der Waals surface area contributed by atoms with Gasteiger partial charge in [0.2, 0.25) is 0 Å². The zero-order chi connectivity index (χ0) is 53.2. The fourth-order valence-corrected chi connectivity index (χ4v) is 8.27. The van der Waals surface area contributed by atoms with E-state index in [0.717, 1.165) is 41.5 Å². The quantitative estimate of drug-likeness (QED) is 0.0567. The van der Waals surface area contributed by atoms with Crippen LogP contribution in [-0.2, 0) is 85.6 Å². The van der Waals surface area contributed by atoms with Crippen molar-refractivity contribution in [2.75, 3.05) is 19.7 Å². The van der Waals surface area contributed by atoms with E-state index in [1.165, 1.54) is 0 Å².